The predicted molar refractivity (Wildman–Crippen MR) is 91.7 cm³/mol. The van der Waals surface area contributed by atoms with E-state index in [-0.39, 0.29) is 30.9 Å². The van der Waals surface area contributed by atoms with E-state index in [2.05, 4.69) is 5.32 Å². The summed E-state index contributed by atoms with van der Waals surface area (Å²) in [6, 6.07) is 6.55. The number of hydrogen-bond acceptors (Lipinski definition) is 6. The second kappa shape index (κ2) is 8.98. The Kier molecular flexibility index (Phi) is 6.71. The molecular weight excluding hydrogens is 340 g/mol. The molecule has 1 aromatic carbocycles. The Bertz CT molecular complexity index is 681. The Morgan fingerprint density at radius 3 is 2.35 bits per heavy atom. The lowest BCUT2D eigenvalue weighted by Gasteiger charge is -2.16. The summed E-state index contributed by atoms with van der Waals surface area (Å²) in [5.74, 6) is -1.07. The van der Waals surface area contributed by atoms with E-state index in [1.54, 1.807) is 24.3 Å². The molecule has 1 aliphatic rings. The first-order valence-corrected chi connectivity index (χ1v) is 8.28. The highest BCUT2D eigenvalue weighted by atomic mass is 16.6. The van der Waals surface area contributed by atoms with Gasteiger partial charge in [0.2, 0.25) is 5.91 Å². The summed E-state index contributed by atoms with van der Waals surface area (Å²) in [4.78, 5) is 47.5. The summed E-state index contributed by atoms with van der Waals surface area (Å²) in [5, 5.41) is 2.77. The fourth-order valence-corrected chi connectivity index (χ4v) is 2.03. The molecular formula is C18H22N2O6. The summed E-state index contributed by atoms with van der Waals surface area (Å²) >= 11 is 0. The normalized spacial score (nSPS) is 12.8. The molecule has 2 rings (SSSR count). The van der Waals surface area contributed by atoms with Crippen LogP contribution in [0, 0.1) is 0 Å². The quantitative estimate of drug-likeness (QED) is 0.508. The topological polar surface area (TPSA) is 102 Å². The van der Waals surface area contributed by atoms with Crippen LogP contribution in [-0.2, 0) is 19.1 Å². The Hall–Kier alpha value is -2.90. The van der Waals surface area contributed by atoms with Gasteiger partial charge in [-0.1, -0.05) is 0 Å². The first-order valence-electron chi connectivity index (χ1n) is 8.28. The van der Waals surface area contributed by atoms with Crippen molar-refractivity contribution in [1.29, 1.82) is 0 Å². The highest BCUT2D eigenvalue weighted by Gasteiger charge is 2.24. The van der Waals surface area contributed by atoms with Gasteiger partial charge in [-0.2, -0.15) is 0 Å². The molecule has 0 atom stereocenters. The number of carbonyl (C=O) groups is 4. The van der Waals surface area contributed by atoms with Gasteiger partial charge in [0.05, 0.1) is 6.54 Å². The molecule has 26 heavy (non-hydrogen) atoms. The number of rotatable bonds is 9. The Balaban J connectivity index is 1.66. The Morgan fingerprint density at radius 2 is 1.77 bits per heavy atom. The number of hydrogen-bond donors (Lipinski definition) is 1. The molecule has 0 aliphatic heterocycles. The molecule has 0 radical (unpaired) electrons. The number of ether oxygens (including phenoxy) is 2. The molecule has 8 nitrogen and oxygen atoms in total. The fraction of sp³-hybridized carbons (Fsp3) is 0.444. The van der Waals surface area contributed by atoms with Gasteiger partial charge in [0.25, 0.3) is 5.91 Å². The highest BCUT2D eigenvalue weighted by Crippen LogP contribution is 2.18. The summed E-state index contributed by atoms with van der Waals surface area (Å²) in [5.41, 5.74) is 0.541. The van der Waals surface area contributed by atoms with Gasteiger partial charge >= 0.3 is 5.97 Å². The van der Waals surface area contributed by atoms with Crippen molar-refractivity contribution in [3.63, 3.8) is 0 Å². The lowest BCUT2D eigenvalue weighted by molar-refractivity contribution is -0.153. The minimum Gasteiger partial charge on any atom is -0.482 e. The average molecular weight is 362 g/mol. The van der Waals surface area contributed by atoms with Gasteiger partial charge in [0.1, 0.15) is 5.75 Å². The molecule has 0 heterocycles. The number of amides is 2. The number of ketones is 1. The van der Waals surface area contributed by atoms with Crippen molar-refractivity contribution in [2.24, 2.45) is 0 Å². The summed E-state index contributed by atoms with van der Waals surface area (Å²) in [7, 11) is 1.47. The second-order valence-electron chi connectivity index (χ2n) is 6.12. The van der Waals surface area contributed by atoms with Crippen molar-refractivity contribution in [1.82, 2.24) is 10.2 Å². The van der Waals surface area contributed by atoms with Crippen molar-refractivity contribution in [3.05, 3.63) is 29.8 Å². The summed E-state index contributed by atoms with van der Waals surface area (Å²) < 4.78 is 10.1. The Labute approximate surface area is 151 Å². The molecule has 0 saturated heterocycles. The van der Waals surface area contributed by atoms with Crippen LogP contribution in [0.3, 0.4) is 0 Å². The molecule has 1 saturated carbocycles. The average Bonchev–Trinajstić information content (AvgIpc) is 3.41. The van der Waals surface area contributed by atoms with Gasteiger partial charge in [-0.25, -0.2) is 4.79 Å². The van der Waals surface area contributed by atoms with Crippen LogP contribution in [0.5, 0.6) is 5.75 Å². The number of Topliss-reactive ketones (excluding diaryl/α,β-unsaturated/α-hetero) is 1. The number of benzene rings is 1. The number of nitrogens with one attached hydrogen (secondary N) is 1. The lowest BCUT2D eigenvalue weighted by atomic mass is 10.1. The molecule has 1 aromatic rings. The fourth-order valence-electron chi connectivity index (χ4n) is 2.03. The molecule has 2 amide bonds. The van der Waals surface area contributed by atoms with Crippen LogP contribution >= 0.6 is 0 Å². The largest absolute Gasteiger partial charge is 0.482 e. The molecule has 0 spiro atoms. The minimum atomic E-state index is -0.704. The number of nitrogens with zero attached hydrogens (tertiary/aromatic N) is 1. The summed E-state index contributed by atoms with van der Waals surface area (Å²) in [6.07, 6.45) is 1.94. The zero-order valence-corrected chi connectivity index (χ0v) is 14.8. The molecule has 0 unspecified atom stereocenters. The third-order valence-electron chi connectivity index (χ3n) is 3.72. The Morgan fingerprint density at radius 1 is 1.12 bits per heavy atom. The lowest BCUT2D eigenvalue weighted by Crippen LogP contribution is -2.40. The third-order valence-corrected chi connectivity index (χ3v) is 3.72. The SMILES string of the molecule is CC(=O)c1ccc(OCC(=O)OCC(=O)N(C)CC(=O)NC2CC2)cc1. The van der Waals surface area contributed by atoms with Crippen LogP contribution in [-0.4, -0.2) is 61.3 Å². The van der Waals surface area contributed by atoms with Crippen molar-refractivity contribution >= 4 is 23.6 Å². The molecule has 0 bridgehead atoms. The number of esters is 1. The van der Waals surface area contributed by atoms with Crippen LogP contribution in [0.1, 0.15) is 30.1 Å². The first-order chi connectivity index (χ1) is 12.3. The maximum Gasteiger partial charge on any atom is 0.344 e. The second-order valence-corrected chi connectivity index (χ2v) is 6.12. The standard InChI is InChI=1S/C18H22N2O6/c1-12(21)13-3-7-15(8-4-13)25-11-18(24)26-10-17(23)20(2)9-16(22)19-14-5-6-14/h3-4,7-8,14H,5-6,9-11H2,1-2H3,(H,19,22). The molecule has 0 aromatic heterocycles. The van der Waals surface area contributed by atoms with E-state index in [9.17, 15) is 19.2 Å². The highest BCUT2D eigenvalue weighted by molar-refractivity contribution is 5.94. The van der Waals surface area contributed by atoms with Crippen LogP contribution in [0.25, 0.3) is 0 Å². The zero-order valence-electron chi connectivity index (χ0n) is 14.8. The molecule has 8 heteroatoms. The molecule has 1 N–H and O–H groups in total. The van der Waals surface area contributed by atoms with E-state index in [0.717, 1.165) is 12.8 Å². The van der Waals surface area contributed by atoms with Crippen molar-refractivity contribution in [2.75, 3.05) is 26.8 Å². The van der Waals surface area contributed by atoms with Gasteiger partial charge in [0.15, 0.2) is 19.0 Å². The van der Waals surface area contributed by atoms with Gasteiger partial charge < -0.3 is 19.7 Å². The van der Waals surface area contributed by atoms with Crippen LogP contribution in [0.2, 0.25) is 0 Å². The van der Waals surface area contributed by atoms with E-state index in [1.807, 2.05) is 0 Å². The molecule has 140 valence electrons. The van der Waals surface area contributed by atoms with Crippen molar-refractivity contribution < 1.29 is 28.7 Å². The maximum atomic E-state index is 11.9. The van der Waals surface area contributed by atoms with E-state index in [4.69, 9.17) is 9.47 Å². The number of likely N-dealkylation sites (N-methyl/N-ethyl adjacent to an activating group) is 1. The van der Waals surface area contributed by atoms with Crippen molar-refractivity contribution in [2.45, 2.75) is 25.8 Å². The van der Waals surface area contributed by atoms with E-state index >= 15 is 0 Å². The van der Waals surface area contributed by atoms with Crippen LogP contribution < -0.4 is 10.1 Å². The van der Waals surface area contributed by atoms with Gasteiger partial charge in [-0.05, 0) is 44.0 Å². The van der Waals surface area contributed by atoms with E-state index in [0.29, 0.717) is 11.3 Å². The summed E-state index contributed by atoms with van der Waals surface area (Å²) in [6.45, 7) is 0.556. The smallest absolute Gasteiger partial charge is 0.344 e. The first kappa shape index (κ1) is 19.4. The van der Waals surface area contributed by atoms with Crippen LogP contribution in [0.4, 0.5) is 0 Å². The predicted octanol–water partition coefficient (Wildman–Crippen LogP) is 0.548. The third kappa shape index (κ3) is 6.54. The van der Waals surface area contributed by atoms with Crippen LogP contribution in [0.15, 0.2) is 24.3 Å². The molecule has 1 aliphatic carbocycles. The molecule has 1 fully saturated rings. The monoisotopic (exact) mass is 362 g/mol. The number of carbonyl (C=O) groups excluding carboxylic acids is 4. The van der Waals surface area contributed by atoms with Crippen molar-refractivity contribution in [3.8, 4) is 5.75 Å². The van der Waals surface area contributed by atoms with Gasteiger partial charge in [-0.3, -0.25) is 14.4 Å². The minimum absolute atomic E-state index is 0.0654. The van der Waals surface area contributed by atoms with E-state index in [1.165, 1.54) is 18.9 Å². The van der Waals surface area contributed by atoms with E-state index < -0.39 is 18.5 Å². The zero-order chi connectivity index (χ0) is 19.1. The van der Waals surface area contributed by atoms with Gasteiger partial charge in [-0.15, -0.1) is 0 Å². The van der Waals surface area contributed by atoms with Gasteiger partial charge in [0, 0.05) is 18.7 Å². The maximum absolute atomic E-state index is 11.9.